The number of aromatic nitrogens is 3. The molecule has 1 saturated heterocycles. The van der Waals surface area contributed by atoms with E-state index < -0.39 is 12.0 Å². The van der Waals surface area contributed by atoms with Crippen LogP contribution in [0.25, 0.3) is 0 Å². The molecular formula is C34H46FN5O2. The van der Waals surface area contributed by atoms with Crippen LogP contribution in [-0.4, -0.2) is 74.4 Å². The Labute approximate surface area is 249 Å². The molecule has 3 heterocycles. The van der Waals surface area contributed by atoms with Crippen molar-refractivity contribution in [1.82, 2.24) is 24.6 Å². The zero-order chi connectivity index (χ0) is 29.8. The maximum absolute atomic E-state index is 14.3. The second-order valence-electron chi connectivity index (χ2n) is 12.7. The number of carboxylic acid groups (broad SMARTS) is 1. The van der Waals surface area contributed by atoms with Crippen molar-refractivity contribution >= 4 is 5.97 Å². The highest BCUT2D eigenvalue weighted by Crippen LogP contribution is 2.43. The fraction of sp³-hybridized carbons (Fsp3) is 0.559. The topological polar surface area (TPSA) is 74.5 Å². The number of hydrogen-bond acceptors (Lipinski definition) is 5. The van der Waals surface area contributed by atoms with Gasteiger partial charge in [-0.05, 0) is 106 Å². The molecule has 8 heteroatoms. The molecule has 226 valence electrons. The fourth-order valence-electron chi connectivity index (χ4n) is 7.54. The van der Waals surface area contributed by atoms with Gasteiger partial charge in [0.15, 0.2) is 0 Å². The van der Waals surface area contributed by atoms with E-state index in [1.54, 1.807) is 18.3 Å². The van der Waals surface area contributed by atoms with Gasteiger partial charge < -0.3 is 10.0 Å². The van der Waals surface area contributed by atoms with Crippen molar-refractivity contribution in [2.24, 2.45) is 11.8 Å². The fourth-order valence-corrected chi connectivity index (χ4v) is 7.54. The Bertz CT molecular complexity index is 1320. The van der Waals surface area contributed by atoms with E-state index in [2.05, 4.69) is 38.5 Å². The van der Waals surface area contributed by atoms with Crippen LogP contribution in [0.4, 0.5) is 4.39 Å². The number of aliphatic carboxylic acids is 1. The number of nitrogens with zero attached hydrogens (tertiary/aromatic N) is 5. The summed E-state index contributed by atoms with van der Waals surface area (Å²) in [5.74, 6) is 0.0913. The van der Waals surface area contributed by atoms with Crippen LogP contribution in [0.5, 0.6) is 0 Å². The molecule has 0 radical (unpaired) electrons. The third kappa shape index (κ3) is 6.92. The van der Waals surface area contributed by atoms with Crippen LogP contribution < -0.4 is 0 Å². The highest BCUT2D eigenvalue weighted by molar-refractivity contribution is 5.73. The third-order valence-corrected chi connectivity index (χ3v) is 9.61. The van der Waals surface area contributed by atoms with E-state index in [1.807, 2.05) is 39.2 Å². The molecule has 4 atom stereocenters. The lowest BCUT2D eigenvalue weighted by Gasteiger charge is -2.35. The number of hydrogen-bond donors (Lipinski definition) is 1. The predicted molar refractivity (Wildman–Crippen MR) is 163 cm³/mol. The van der Waals surface area contributed by atoms with Gasteiger partial charge in [-0.25, -0.2) is 4.39 Å². The van der Waals surface area contributed by atoms with Gasteiger partial charge in [-0.2, -0.15) is 5.10 Å². The predicted octanol–water partition coefficient (Wildman–Crippen LogP) is 5.81. The van der Waals surface area contributed by atoms with E-state index in [0.29, 0.717) is 11.8 Å². The molecular weight excluding hydrogens is 529 g/mol. The van der Waals surface area contributed by atoms with Gasteiger partial charge in [0.05, 0.1) is 5.69 Å². The molecule has 0 bridgehead atoms. The number of carbonyl (C=O) groups is 1. The molecule has 0 amide bonds. The van der Waals surface area contributed by atoms with E-state index in [1.165, 1.54) is 17.3 Å². The Balaban J connectivity index is 1.26. The Morgan fingerprint density at radius 2 is 1.93 bits per heavy atom. The number of benzene rings is 1. The molecule has 2 fully saturated rings. The van der Waals surface area contributed by atoms with Crippen LogP contribution in [0.15, 0.2) is 54.9 Å². The summed E-state index contributed by atoms with van der Waals surface area (Å²) in [4.78, 5) is 21.0. The first-order valence-corrected chi connectivity index (χ1v) is 15.6. The molecule has 3 unspecified atom stereocenters. The average Bonchev–Trinajstić information content (AvgIpc) is 3.58. The quantitative estimate of drug-likeness (QED) is 0.311. The number of carboxylic acids is 1. The molecule has 1 aromatic carbocycles. The number of rotatable bonds is 11. The minimum absolute atomic E-state index is 0.0135. The van der Waals surface area contributed by atoms with Crippen LogP contribution >= 0.6 is 0 Å². The lowest BCUT2D eigenvalue weighted by atomic mass is 9.87. The van der Waals surface area contributed by atoms with E-state index in [-0.39, 0.29) is 23.7 Å². The summed E-state index contributed by atoms with van der Waals surface area (Å²) in [6.45, 7) is 9.97. The van der Waals surface area contributed by atoms with E-state index in [9.17, 15) is 14.3 Å². The highest BCUT2D eigenvalue weighted by atomic mass is 19.1. The molecule has 42 heavy (non-hydrogen) atoms. The van der Waals surface area contributed by atoms with Crippen molar-refractivity contribution in [2.45, 2.75) is 83.3 Å². The first kappa shape index (κ1) is 30.4. The first-order valence-electron chi connectivity index (χ1n) is 15.6. The Morgan fingerprint density at radius 3 is 2.57 bits per heavy atom. The Morgan fingerprint density at radius 1 is 1.14 bits per heavy atom. The largest absolute Gasteiger partial charge is 0.480 e. The smallest absolute Gasteiger partial charge is 0.321 e. The number of aryl methyl sites for hydroxylation is 1. The van der Waals surface area contributed by atoms with Crippen molar-refractivity contribution in [1.29, 1.82) is 0 Å². The Kier molecular flexibility index (Phi) is 9.74. The summed E-state index contributed by atoms with van der Waals surface area (Å²) in [5.41, 5.74) is 4.65. The summed E-state index contributed by atoms with van der Waals surface area (Å²) in [5, 5.41) is 14.9. The molecule has 3 aromatic rings. The minimum atomic E-state index is -0.768. The highest BCUT2D eigenvalue weighted by Gasteiger charge is 2.42. The van der Waals surface area contributed by atoms with Gasteiger partial charge in [0.2, 0.25) is 0 Å². The molecule has 2 aromatic heterocycles. The maximum Gasteiger partial charge on any atom is 0.321 e. The molecule has 7 nitrogen and oxygen atoms in total. The summed E-state index contributed by atoms with van der Waals surface area (Å²) in [7, 11) is 1.96. The standard InChI is InChI=1S/C34H46FN5O2/c1-5-40-32(19-29(37-40)16-24-8-7-13-36-21-24)25-11-14-39(15-12-25)22-27-18-30(38(4)33(23(2)3)34(41)42)20-31(27)26-9-6-10-28(35)17-26/h6-10,13,17,19,21,23,25,27,30-31,33H,5,11-12,14-16,18,20,22H2,1-4H3,(H,41,42)/t27?,30?,31?,33-/m1/s1. The van der Waals surface area contributed by atoms with Gasteiger partial charge in [0.25, 0.3) is 0 Å². The zero-order valence-electron chi connectivity index (χ0n) is 25.5. The van der Waals surface area contributed by atoms with Gasteiger partial charge in [-0.15, -0.1) is 0 Å². The van der Waals surface area contributed by atoms with Crippen molar-refractivity contribution in [3.8, 4) is 0 Å². The summed E-state index contributed by atoms with van der Waals surface area (Å²) < 4.78 is 16.5. The number of pyridine rings is 1. The van der Waals surface area contributed by atoms with Crippen LogP contribution in [-0.2, 0) is 17.8 Å². The van der Waals surface area contributed by atoms with Crippen LogP contribution in [0, 0.1) is 17.7 Å². The van der Waals surface area contributed by atoms with Crippen molar-refractivity contribution in [2.75, 3.05) is 26.7 Å². The SMILES string of the molecule is CCn1nc(Cc2cccnc2)cc1C1CCN(CC2CC(N(C)[C@@H](C(=O)O)C(C)C)CC2c2cccc(F)c2)CC1. The van der Waals surface area contributed by atoms with Crippen molar-refractivity contribution < 1.29 is 14.3 Å². The molecule has 1 N–H and O–H groups in total. The van der Waals surface area contributed by atoms with Crippen molar-refractivity contribution in [3.63, 3.8) is 0 Å². The van der Waals surface area contributed by atoms with Crippen LogP contribution in [0.3, 0.4) is 0 Å². The van der Waals surface area contributed by atoms with Gasteiger partial charge in [-0.3, -0.25) is 19.4 Å². The van der Waals surface area contributed by atoms with Crippen LogP contribution in [0.2, 0.25) is 0 Å². The van der Waals surface area contributed by atoms with Crippen LogP contribution in [0.1, 0.15) is 80.8 Å². The first-order chi connectivity index (χ1) is 20.2. The summed E-state index contributed by atoms with van der Waals surface area (Å²) >= 11 is 0. The minimum Gasteiger partial charge on any atom is -0.480 e. The second-order valence-corrected chi connectivity index (χ2v) is 12.7. The number of likely N-dealkylation sites (tertiary alicyclic amines) is 1. The lowest BCUT2D eigenvalue weighted by molar-refractivity contribution is -0.145. The second kappa shape index (κ2) is 13.5. The molecule has 1 aliphatic carbocycles. The Hall–Kier alpha value is -3.10. The monoisotopic (exact) mass is 575 g/mol. The normalized spacial score (nSPS) is 22.7. The lowest BCUT2D eigenvalue weighted by Crippen LogP contribution is -2.47. The van der Waals surface area contributed by atoms with E-state index in [4.69, 9.17) is 5.10 Å². The summed E-state index contributed by atoms with van der Waals surface area (Å²) in [6.07, 6.45) is 8.47. The van der Waals surface area contributed by atoms with Crippen molar-refractivity contribution in [3.05, 3.63) is 83.2 Å². The molecule has 5 rings (SSSR count). The number of halogens is 1. The number of piperidine rings is 1. The summed E-state index contributed by atoms with van der Waals surface area (Å²) in [6, 6.07) is 13.0. The van der Waals surface area contributed by atoms with Gasteiger partial charge in [0.1, 0.15) is 11.9 Å². The van der Waals surface area contributed by atoms with E-state index >= 15 is 0 Å². The zero-order valence-corrected chi connectivity index (χ0v) is 25.5. The number of likely N-dealkylation sites (N-methyl/N-ethyl adjacent to an activating group) is 1. The van der Waals surface area contributed by atoms with Gasteiger partial charge in [-0.1, -0.05) is 32.0 Å². The molecule has 0 spiro atoms. The molecule has 2 aliphatic rings. The van der Waals surface area contributed by atoms with Gasteiger partial charge in [0, 0.05) is 49.6 Å². The van der Waals surface area contributed by atoms with E-state index in [0.717, 1.165) is 69.5 Å². The molecule has 1 saturated carbocycles. The maximum atomic E-state index is 14.3. The molecule has 1 aliphatic heterocycles. The average molecular weight is 576 g/mol. The third-order valence-electron chi connectivity index (χ3n) is 9.61. The van der Waals surface area contributed by atoms with Gasteiger partial charge >= 0.3 is 5.97 Å².